The number of hydrogen-bond donors (Lipinski definition) is 1. The third kappa shape index (κ3) is 3.36. The van der Waals surface area contributed by atoms with Crippen molar-refractivity contribution in [2.24, 2.45) is 0 Å². The second-order valence-electron chi connectivity index (χ2n) is 4.12. The van der Waals surface area contributed by atoms with Crippen molar-refractivity contribution in [2.75, 3.05) is 25.8 Å². The third-order valence-corrected chi connectivity index (χ3v) is 3.61. The van der Waals surface area contributed by atoms with Gasteiger partial charge < -0.3 is 14.8 Å². The molecule has 4 nitrogen and oxygen atoms in total. The number of methoxy groups -OCH3 is 2. The Kier molecular flexibility index (Phi) is 5.12. The maximum Gasteiger partial charge on any atom is 0.165 e. The van der Waals surface area contributed by atoms with Crippen molar-refractivity contribution in [1.82, 2.24) is 4.98 Å². The lowest BCUT2D eigenvalue weighted by Gasteiger charge is -2.13. The third-order valence-electron chi connectivity index (χ3n) is 2.92. The fourth-order valence-corrected chi connectivity index (χ4v) is 2.33. The van der Waals surface area contributed by atoms with Crippen molar-refractivity contribution in [2.45, 2.75) is 11.4 Å². The summed E-state index contributed by atoms with van der Waals surface area (Å²) < 4.78 is 10.7. The first-order valence-corrected chi connectivity index (χ1v) is 7.43. The van der Waals surface area contributed by atoms with Gasteiger partial charge in [-0.2, -0.15) is 0 Å². The van der Waals surface area contributed by atoms with Crippen molar-refractivity contribution < 1.29 is 9.47 Å². The molecule has 0 atom stereocenters. The minimum absolute atomic E-state index is 0.653. The number of aromatic nitrogens is 1. The summed E-state index contributed by atoms with van der Waals surface area (Å²) in [5.41, 5.74) is 2.03. The Balaban J connectivity index is 2.14. The van der Waals surface area contributed by atoms with Gasteiger partial charge in [-0.1, -0.05) is 12.1 Å². The quantitative estimate of drug-likeness (QED) is 0.826. The van der Waals surface area contributed by atoms with Crippen LogP contribution in [0.25, 0.3) is 0 Å². The molecule has 0 radical (unpaired) electrons. The molecule has 0 spiro atoms. The number of nitrogens with one attached hydrogen (secondary N) is 1. The first-order chi connectivity index (χ1) is 9.78. The highest BCUT2D eigenvalue weighted by Gasteiger charge is 2.09. The van der Waals surface area contributed by atoms with Crippen molar-refractivity contribution >= 4 is 17.4 Å². The highest BCUT2D eigenvalue weighted by molar-refractivity contribution is 7.98. The Hall–Kier alpha value is -1.88. The fourth-order valence-electron chi connectivity index (χ4n) is 1.92. The minimum Gasteiger partial charge on any atom is -0.493 e. The number of benzene rings is 1. The smallest absolute Gasteiger partial charge is 0.165 e. The van der Waals surface area contributed by atoms with Gasteiger partial charge in [0, 0.05) is 23.2 Å². The minimum atomic E-state index is 0.653. The highest BCUT2D eigenvalue weighted by atomic mass is 32.2. The fraction of sp³-hybridized carbons (Fsp3) is 0.267. The van der Waals surface area contributed by atoms with Gasteiger partial charge in [0.1, 0.15) is 0 Å². The van der Waals surface area contributed by atoms with E-state index in [0.29, 0.717) is 6.54 Å². The number of hydrogen-bond acceptors (Lipinski definition) is 5. The maximum absolute atomic E-state index is 5.42. The second-order valence-corrected chi connectivity index (χ2v) is 5.00. The lowest BCUT2D eigenvalue weighted by Crippen LogP contribution is -2.03. The van der Waals surface area contributed by atoms with Crippen LogP contribution in [0.3, 0.4) is 0 Å². The average Bonchev–Trinajstić information content (AvgIpc) is 2.52. The molecule has 1 aromatic heterocycles. The summed E-state index contributed by atoms with van der Waals surface area (Å²) >= 11 is 1.67. The normalized spacial score (nSPS) is 10.2. The van der Waals surface area contributed by atoms with Gasteiger partial charge in [0.05, 0.1) is 26.1 Å². The van der Waals surface area contributed by atoms with Crippen LogP contribution in [0, 0.1) is 0 Å². The van der Waals surface area contributed by atoms with Crippen LogP contribution in [-0.4, -0.2) is 25.5 Å². The molecule has 0 amide bonds. The molecule has 0 aliphatic carbocycles. The highest BCUT2D eigenvalue weighted by Crippen LogP contribution is 2.31. The number of thioether (sulfide) groups is 1. The molecule has 0 aliphatic heterocycles. The number of rotatable bonds is 6. The van der Waals surface area contributed by atoms with E-state index in [1.54, 1.807) is 26.0 Å². The molecule has 106 valence electrons. The Labute approximate surface area is 123 Å². The summed E-state index contributed by atoms with van der Waals surface area (Å²) in [7, 11) is 3.29. The molecule has 0 fully saturated rings. The summed E-state index contributed by atoms with van der Waals surface area (Å²) in [5.74, 6) is 1.50. The Morgan fingerprint density at radius 1 is 1.20 bits per heavy atom. The van der Waals surface area contributed by atoms with Gasteiger partial charge >= 0.3 is 0 Å². The first kappa shape index (κ1) is 14.5. The SMILES string of the molecule is COc1cccc(CNc2cncc(SC)c2)c1OC. The molecular formula is C15H18N2O2S. The molecule has 0 bridgehead atoms. The molecule has 0 unspecified atom stereocenters. The predicted octanol–water partition coefficient (Wildman–Crippen LogP) is 3.43. The summed E-state index contributed by atoms with van der Waals surface area (Å²) in [6.45, 7) is 0.653. The Morgan fingerprint density at radius 3 is 2.75 bits per heavy atom. The van der Waals surface area contributed by atoms with Crippen LogP contribution in [0.5, 0.6) is 11.5 Å². The maximum atomic E-state index is 5.42. The Morgan fingerprint density at radius 2 is 2.05 bits per heavy atom. The zero-order valence-electron chi connectivity index (χ0n) is 11.8. The van der Waals surface area contributed by atoms with Gasteiger partial charge in [0.25, 0.3) is 0 Å². The van der Waals surface area contributed by atoms with Gasteiger partial charge in [-0.15, -0.1) is 11.8 Å². The predicted molar refractivity (Wildman–Crippen MR) is 82.9 cm³/mol. The molecule has 0 aliphatic rings. The molecule has 1 aromatic carbocycles. The molecule has 1 heterocycles. The summed E-state index contributed by atoms with van der Waals surface area (Å²) in [4.78, 5) is 5.34. The van der Waals surface area contributed by atoms with Crippen molar-refractivity contribution in [1.29, 1.82) is 0 Å². The van der Waals surface area contributed by atoms with Crippen LogP contribution < -0.4 is 14.8 Å². The zero-order valence-corrected chi connectivity index (χ0v) is 12.7. The van der Waals surface area contributed by atoms with Crippen molar-refractivity contribution in [3.8, 4) is 11.5 Å². The van der Waals surface area contributed by atoms with E-state index in [1.165, 1.54) is 0 Å². The number of para-hydroxylation sites is 1. The molecule has 2 aromatic rings. The van der Waals surface area contributed by atoms with Gasteiger partial charge in [0.2, 0.25) is 0 Å². The summed E-state index contributed by atoms with van der Waals surface area (Å²) in [5, 5.41) is 3.35. The lowest BCUT2D eigenvalue weighted by atomic mass is 10.2. The lowest BCUT2D eigenvalue weighted by molar-refractivity contribution is 0.352. The molecule has 0 saturated carbocycles. The first-order valence-electron chi connectivity index (χ1n) is 6.21. The largest absolute Gasteiger partial charge is 0.493 e. The van der Waals surface area contributed by atoms with E-state index in [0.717, 1.165) is 27.6 Å². The molecule has 2 rings (SSSR count). The van der Waals surface area contributed by atoms with Crippen LogP contribution in [0.1, 0.15) is 5.56 Å². The van der Waals surface area contributed by atoms with Gasteiger partial charge in [-0.3, -0.25) is 4.98 Å². The molecule has 5 heteroatoms. The van der Waals surface area contributed by atoms with Crippen LogP contribution in [0.2, 0.25) is 0 Å². The monoisotopic (exact) mass is 290 g/mol. The molecule has 0 saturated heterocycles. The number of ether oxygens (including phenoxy) is 2. The van der Waals surface area contributed by atoms with Crippen LogP contribution in [0.4, 0.5) is 5.69 Å². The van der Waals surface area contributed by atoms with Crippen LogP contribution in [-0.2, 0) is 6.54 Å². The van der Waals surface area contributed by atoms with E-state index in [9.17, 15) is 0 Å². The van der Waals surface area contributed by atoms with E-state index >= 15 is 0 Å². The van der Waals surface area contributed by atoms with E-state index in [2.05, 4.69) is 16.4 Å². The van der Waals surface area contributed by atoms with Crippen molar-refractivity contribution in [3.63, 3.8) is 0 Å². The molecule has 20 heavy (non-hydrogen) atoms. The number of nitrogens with zero attached hydrogens (tertiary/aromatic N) is 1. The van der Waals surface area contributed by atoms with Crippen LogP contribution in [0.15, 0.2) is 41.6 Å². The average molecular weight is 290 g/mol. The number of anilines is 1. The van der Waals surface area contributed by atoms with Gasteiger partial charge in [0.15, 0.2) is 11.5 Å². The number of pyridine rings is 1. The van der Waals surface area contributed by atoms with Crippen LogP contribution >= 0.6 is 11.8 Å². The zero-order chi connectivity index (χ0) is 14.4. The molecular weight excluding hydrogens is 272 g/mol. The standard InChI is InChI=1S/C15H18N2O2S/c1-18-14-6-4-5-11(15(14)19-2)8-17-12-7-13(20-3)10-16-9-12/h4-7,9-10,17H,8H2,1-3H3. The summed E-state index contributed by atoms with van der Waals surface area (Å²) in [6, 6.07) is 7.93. The Bertz CT molecular complexity index is 576. The van der Waals surface area contributed by atoms with E-state index < -0.39 is 0 Å². The van der Waals surface area contributed by atoms with E-state index in [-0.39, 0.29) is 0 Å². The summed E-state index contributed by atoms with van der Waals surface area (Å²) in [6.07, 6.45) is 5.69. The topological polar surface area (TPSA) is 43.4 Å². The second kappa shape index (κ2) is 7.05. The van der Waals surface area contributed by atoms with E-state index in [4.69, 9.17) is 9.47 Å². The van der Waals surface area contributed by atoms with E-state index in [1.807, 2.05) is 36.8 Å². The molecule has 1 N–H and O–H groups in total. The van der Waals surface area contributed by atoms with Crippen molar-refractivity contribution in [3.05, 3.63) is 42.2 Å². The van der Waals surface area contributed by atoms with Gasteiger partial charge in [-0.25, -0.2) is 0 Å². The van der Waals surface area contributed by atoms with Gasteiger partial charge in [-0.05, 0) is 18.4 Å².